The fourth-order valence-corrected chi connectivity index (χ4v) is 2.19. The van der Waals surface area contributed by atoms with E-state index in [1.165, 1.54) is 0 Å². The predicted octanol–water partition coefficient (Wildman–Crippen LogP) is 0.987. The number of aromatic nitrogens is 1. The molecule has 2 rings (SSSR count). The molecule has 1 aromatic heterocycles. The maximum atomic E-state index is 11.1. The van der Waals surface area contributed by atoms with Crippen molar-refractivity contribution in [3.05, 3.63) is 23.9 Å². The molecule has 1 aliphatic rings. The van der Waals surface area contributed by atoms with Gasteiger partial charge in [-0.1, -0.05) is 0 Å². The summed E-state index contributed by atoms with van der Waals surface area (Å²) in [6.07, 6.45) is 2.10. The quantitative estimate of drug-likeness (QED) is 0.818. The van der Waals surface area contributed by atoms with E-state index < -0.39 is 5.97 Å². The Hall–Kier alpha value is -1.62. The zero-order valence-corrected chi connectivity index (χ0v) is 9.71. The van der Waals surface area contributed by atoms with Gasteiger partial charge in [-0.25, -0.2) is 9.78 Å². The number of carboxylic acids is 1. The second-order valence-corrected chi connectivity index (χ2v) is 4.42. The highest BCUT2D eigenvalue weighted by Gasteiger charge is 2.28. The highest BCUT2D eigenvalue weighted by atomic mass is 16.4. The Morgan fingerprint density at radius 2 is 2.41 bits per heavy atom. The normalized spacial score (nSPS) is 21.5. The van der Waals surface area contributed by atoms with Crippen molar-refractivity contribution in [2.24, 2.45) is 5.92 Å². The Balaban J connectivity index is 2.21. The van der Waals surface area contributed by atoms with Crippen LogP contribution in [-0.2, 0) is 0 Å². The second kappa shape index (κ2) is 4.71. The number of hydrogen-bond acceptors (Lipinski definition) is 4. The van der Waals surface area contributed by atoms with Crippen molar-refractivity contribution in [1.29, 1.82) is 0 Å². The van der Waals surface area contributed by atoms with Gasteiger partial charge in [0.05, 0.1) is 6.10 Å². The Kier molecular flexibility index (Phi) is 3.28. The second-order valence-electron chi connectivity index (χ2n) is 4.42. The topological polar surface area (TPSA) is 73.7 Å². The molecule has 1 aliphatic heterocycles. The summed E-state index contributed by atoms with van der Waals surface area (Å²) in [7, 11) is 0. The van der Waals surface area contributed by atoms with Crippen LogP contribution in [-0.4, -0.2) is 40.4 Å². The maximum Gasteiger partial charge on any atom is 0.339 e. The van der Waals surface area contributed by atoms with Crippen molar-refractivity contribution in [2.45, 2.75) is 19.4 Å². The number of aliphatic hydroxyl groups excluding tert-OH is 1. The molecule has 1 saturated heterocycles. The fourth-order valence-electron chi connectivity index (χ4n) is 2.19. The first-order valence-electron chi connectivity index (χ1n) is 5.71. The molecule has 0 spiro atoms. The van der Waals surface area contributed by atoms with E-state index in [1.54, 1.807) is 25.3 Å². The number of pyridine rings is 1. The summed E-state index contributed by atoms with van der Waals surface area (Å²) in [4.78, 5) is 17.1. The Morgan fingerprint density at radius 1 is 1.65 bits per heavy atom. The number of carboxylic acid groups (broad SMARTS) is 1. The van der Waals surface area contributed by atoms with Crippen molar-refractivity contribution < 1.29 is 15.0 Å². The first-order valence-corrected chi connectivity index (χ1v) is 5.71. The summed E-state index contributed by atoms with van der Waals surface area (Å²) in [6.45, 7) is 3.17. The summed E-state index contributed by atoms with van der Waals surface area (Å²) in [5, 5.41) is 18.6. The fraction of sp³-hybridized carbons (Fsp3) is 0.500. The van der Waals surface area contributed by atoms with Crippen LogP contribution in [0.4, 0.5) is 5.82 Å². The van der Waals surface area contributed by atoms with E-state index in [4.69, 9.17) is 5.11 Å². The summed E-state index contributed by atoms with van der Waals surface area (Å²) in [5.74, 6) is -0.268. The van der Waals surface area contributed by atoms with E-state index in [1.807, 2.05) is 4.90 Å². The molecule has 0 amide bonds. The van der Waals surface area contributed by atoms with Crippen LogP contribution in [0.3, 0.4) is 0 Å². The third-order valence-electron chi connectivity index (χ3n) is 3.22. The van der Waals surface area contributed by atoms with Crippen molar-refractivity contribution in [1.82, 2.24) is 4.98 Å². The summed E-state index contributed by atoms with van der Waals surface area (Å²) >= 11 is 0. The van der Waals surface area contributed by atoms with Crippen LogP contribution in [0.25, 0.3) is 0 Å². The Bertz CT molecular complexity index is 420. The van der Waals surface area contributed by atoms with Crippen LogP contribution in [0.5, 0.6) is 0 Å². The van der Waals surface area contributed by atoms with Gasteiger partial charge in [0.1, 0.15) is 11.4 Å². The molecule has 2 atom stereocenters. The molecule has 0 bridgehead atoms. The number of carbonyl (C=O) groups is 1. The molecule has 92 valence electrons. The number of hydrogen-bond donors (Lipinski definition) is 2. The minimum Gasteiger partial charge on any atom is -0.478 e. The molecule has 2 N–H and O–H groups in total. The molecule has 0 unspecified atom stereocenters. The van der Waals surface area contributed by atoms with Crippen LogP contribution in [0.1, 0.15) is 23.7 Å². The minimum absolute atomic E-state index is 0.193. The lowest BCUT2D eigenvalue weighted by Gasteiger charge is -2.20. The minimum atomic E-state index is -0.964. The number of aromatic carboxylic acids is 1. The SMILES string of the molecule is C[C@H](O)[C@@H]1CCN(c2ncccc2C(=O)O)C1. The van der Waals surface area contributed by atoms with E-state index in [2.05, 4.69) is 4.98 Å². The van der Waals surface area contributed by atoms with Crippen molar-refractivity contribution in [2.75, 3.05) is 18.0 Å². The first kappa shape index (κ1) is 11.9. The zero-order chi connectivity index (χ0) is 12.4. The third kappa shape index (κ3) is 2.39. The lowest BCUT2D eigenvalue weighted by Crippen LogP contribution is -2.26. The van der Waals surface area contributed by atoms with E-state index in [-0.39, 0.29) is 17.6 Å². The van der Waals surface area contributed by atoms with Gasteiger partial charge in [-0.15, -0.1) is 0 Å². The summed E-state index contributed by atoms with van der Waals surface area (Å²) in [6, 6.07) is 3.18. The highest BCUT2D eigenvalue weighted by Crippen LogP contribution is 2.26. The smallest absolute Gasteiger partial charge is 0.339 e. The molecule has 0 radical (unpaired) electrons. The Labute approximate surface area is 99.7 Å². The summed E-state index contributed by atoms with van der Waals surface area (Å²) in [5.41, 5.74) is 0.221. The van der Waals surface area contributed by atoms with E-state index in [9.17, 15) is 9.90 Å². The van der Waals surface area contributed by atoms with Gasteiger partial charge in [0.15, 0.2) is 0 Å². The molecular formula is C12H16N2O3. The van der Waals surface area contributed by atoms with E-state index in [0.29, 0.717) is 12.4 Å². The average molecular weight is 236 g/mol. The van der Waals surface area contributed by atoms with Gasteiger partial charge in [-0.2, -0.15) is 0 Å². The lowest BCUT2D eigenvalue weighted by molar-refractivity contribution is 0.0697. The molecule has 0 aliphatic carbocycles. The number of nitrogens with zero attached hydrogens (tertiary/aromatic N) is 2. The first-order chi connectivity index (χ1) is 8.09. The van der Waals surface area contributed by atoms with Gasteiger partial charge in [0.25, 0.3) is 0 Å². The van der Waals surface area contributed by atoms with Crippen LogP contribution in [0, 0.1) is 5.92 Å². The van der Waals surface area contributed by atoms with Crippen LogP contribution in [0.2, 0.25) is 0 Å². The number of aliphatic hydroxyl groups is 1. The predicted molar refractivity (Wildman–Crippen MR) is 63.2 cm³/mol. The summed E-state index contributed by atoms with van der Waals surface area (Å²) < 4.78 is 0. The van der Waals surface area contributed by atoms with Gasteiger partial charge < -0.3 is 15.1 Å². The van der Waals surface area contributed by atoms with Crippen molar-refractivity contribution in [3.8, 4) is 0 Å². The molecular weight excluding hydrogens is 220 g/mol. The molecule has 17 heavy (non-hydrogen) atoms. The lowest BCUT2D eigenvalue weighted by atomic mass is 10.0. The van der Waals surface area contributed by atoms with Gasteiger partial charge in [0, 0.05) is 25.2 Å². The van der Waals surface area contributed by atoms with Crippen molar-refractivity contribution in [3.63, 3.8) is 0 Å². The molecule has 5 heteroatoms. The van der Waals surface area contributed by atoms with E-state index >= 15 is 0 Å². The van der Waals surface area contributed by atoms with E-state index in [0.717, 1.165) is 13.0 Å². The monoisotopic (exact) mass is 236 g/mol. The molecule has 1 aromatic rings. The standard InChI is InChI=1S/C12H16N2O3/c1-8(15)9-4-6-14(7-9)11-10(12(16)17)3-2-5-13-11/h2-3,5,8-9,15H,4,6-7H2,1H3,(H,16,17)/t8-,9+/m0/s1. The van der Waals surface area contributed by atoms with Gasteiger partial charge >= 0.3 is 5.97 Å². The van der Waals surface area contributed by atoms with Gasteiger partial charge in [-0.3, -0.25) is 0 Å². The molecule has 0 saturated carbocycles. The molecule has 2 heterocycles. The van der Waals surface area contributed by atoms with Gasteiger partial charge in [0.2, 0.25) is 0 Å². The van der Waals surface area contributed by atoms with Crippen LogP contribution in [0.15, 0.2) is 18.3 Å². The Morgan fingerprint density at radius 3 is 3.00 bits per heavy atom. The maximum absolute atomic E-state index is 11.1. The third-order valence-corrected chi connectivity index (χ3v) is 3.22. The van der Waals surface area contributed by atoms with Gasteiger partial charge in [-0.05, 0) is 25.5 Å². The highest BCUT2D eigenvalue weighted by molar-refractivity contribution is 5.93. The largest absolute Gasteiger partial charge is 0.478 e. The number of anilines is 1. The number of rotatable bonds is 3. The average Bonchev–Trinajstić information content (AvgIpc) is 2.78. The molecule has 5 nitrogen and oxygen atoms in total. The van der Waals surface area contributed by atoms with Crippen molar-refractivity contribution >= 4 is 11.8 Å². The molecule has 1 fully saturated rings. The van der Waals surface area contributed by atoms with Crippen LogP contribution >= 0.6 is 0 Å². The zero-order valence-electron chi connectivity index (χ0n) is 9.71. The van der Waals surface area contributed by atoms with Crippen LogP contribution < -0.4 is 4.90 Å². The molecule has 0 aromatic carbocycles.